The molecule has 8 N–H and O–H groups in total. The number of aromatic nitrogens is 1. The van der Waals surface area contributed by atoms with Gasteiger partial charge in [0.2, 0.25) is 0 Å². The zero-order valence-corrected chi connectivity index (χ0v) is 37.6. The summed E-state index contributed by atoms with van der Waals surface area (Å²) in [5.41, 5.74) is 5.56. The fourth-order valence-corrected chi connectivity index (χ4v) is 7.07. The monoisotopic (exact) mass is 948 g/mol. The predicted molar refractivity (Wildman–Crippen MR) is 238 cm³/mol. The number of aliphatic carboxylic acids is 4. The molecule has 0 aliphatic carbocycles. The van der Waals surface area contributed by atoms with Gasteiger partial charge in [0.1, 0.15) is 17.5 Å². The fourth-order valence-electron chi connectivity index (χ4n) is 7.07. The highest BCUT2D eigenvalue weighted by Crippen LogP contribution is 2.13. The van der Waals surface area contributed by atoms with Crippen LogP contribution >= 0.6 is 0 Å². The lowest BCUT2D eigenvalue weighted by Gasteiger charge is -2.35. The molecule has 2 aromatic rings. The van der Waals surface area contributed by atoms with E-state index in [0.29, 0.717) is 17.8 Å². The third-order valence-electron chi connectivity index (χ3n) is 10.6. The van der Waals surface area contributed by atoms with E-state index < -0.39 is 41.4 Å². The summed E-state index contributed by atoms with van der Waals surface area (Å²) in [5, 5.41) is 51.8. The topological polar surface area (TPSA) is 325 Å². The number of Topliss-reactive ketones (excluding diaryl/α,β-unsaturated/α-hetero) is 1. The number of anilines is 1. The Kier molecular flexibility index (Phi) is 25.0. The number of carboxylic acids is 4. The van der Waals surface area contributed by atoms with Gasteiger partial charge in [-0.15, -0.1) is 4.73 Å². The van der Waals surface area contributed by atoms with Gasteiger partial charge in [0.05, 0.1) is 59.3 Å². The van der Waals surface area contributed by atoms with Crippen LogP contribution in [0.15, 0.2) is 47.3 Å². The summed E-state index contributed by atoms with van der Waals surface area (Å²) >= 11 is 0. The Balaban J connectivity index is 1.51. The standard InChI is InChI=1S/C43H64N8O16/c44-33-8-6-32(7-9-33)41(60)45-12-23-65-25-27-67-28-26-66-24-22-50(42(61)35-4-1-5-37(53)51(35)64)13-2-3-34(52)10-11-36(43(62)63)49-20-18-47(30-39(56)57)16-14-46(29-38(54)55)15-17-48(19-21-49)31-40(58)59/h1,4-9,36,64H,2-3,10-31,44H2,(H,45,60)(H,54,55)(H,56,57)(H,58,59)(H,62,63). The number of hydrogen-bond acceptors (Lipinski definition) is 17. The van der Waals surface area contributed by atoms with Crippen LogP contribution in [0.5, 0.6) is 0 Å². The first kappa shape index (κ1) is 55.3. The Morgan fingerprint density at radius 2 is 1.16 bits per heavy atom. The molecule has 3 rings (SSSR count). The summed E-state index contributed by atoms with van der Waals surface area (Å²) in [6.07, 6.45) is -0.176. The summed E-state index contributed by atoms with van der Waals surface area (Å²) in [6.45, 7) is 1.40. The Labute approximate surface area is 387 Å². The average Bonchev–Trinajstić information content (AvgIpc) is 3.27. The van der Waals surface area contributed by atoms with E-state index in [2.05, 4.69) is 5.32 Å². The molecule has 1 atom stereocenters. The quantitative estimate of drug-likeness (QED) is 0.0282. The van der Waals surface area contributed by atoms with E-state index >= 15 is 0 Å². The SMILES string of the molecule is Nc1ccc(C(=O)NCCOCCOCCOCCN(CCCC(=O)CCC(C(=O)O)N2CCN(CC(=O)O)CCN(CC(=O)O)CCN(CC(=O)O)CC2)C(=O)c2cccc(=O)n2O)cc1. The van der Waals surface area contributed by atoms with Crippen molar-refractivity contribution in [3.8, 4) is 0 Å². The van der Waals surface area contributed by atoms with Crippen molar-refractivity contribution in [1.82, 2.24) is 34.5 Å². The molecule has 0 spiro atoms. The Bertz CT molecular complexity index is 1940. The largest absolute Gasteiger partial charge is 0.480 e. The first-order valence-corrected chi connectivity index (χ1v) is 21.9. The molecule has 1 aliphatic heterocycles. The number of nitrogen functional groups attached to an aromatic ring is 1. The van der Waals surface area contributed by atoms with E-state index in [0.717, 1.165) is 6.07 Å². The van der Waals surface area contributed by atoms with Gasteiger partial charge < -0.3 is 55.8 Å². The smallest absolute Gasteiger partial charge is 0.320 e. The van der Waals surface area contributed by atoms with E-state index in [1.807, 2.05) is 0 Å². The van der Waals surface area contributed by atoms with Gasteiger partial charge in [-0.05, 0) is 43.2 Å². The van der Waals surface area contributed by atoms with Gasteiger partial charge in [-0.3, -0.25) is 58.0 Å². The molecule has 2 amide bonds. The molecular formula is C43H64N8O16. The lowest BCUT2D eigenvalue weighted by molar-refractivity contribution is -0.145. The highest BCUT2D eigenvalue weighted by atomic mass is 16.5. The van der Waals surface area contributed by atoms with Crippen LogP contribution in [0.4, 0.5) is 5.69 Å². The molecule has 1 aromatic carbocycles. The third kappa shape index (κ3) is 21.9. The number of nitrogens with zero attached hydrogens (tertiary/aromatic N) is 6. The second-order valence-electron chi connectivity index (χ2n) is 15.6. The third-order valence-corrected chi connectivity index (χ3v) is 10.6. The number of benzene rings is 1. The Morgan fingerprint density at radius 3 is 1.69 bits per heavy atom. The first-order chi connectivity index (χ1) is 32.0. The normalized spacial score (nSPS) is 15.2. The van der Waals surface area contributed by atoms with E-state index in [1.54, 1.807) is 43.9 Å². The van der Waals surface area contributed by atoms with Gasteiger partial charge in [0.25, 0.3) is 17.4 Å². The van der Waals surface area contributed by atoms with E-state index in [4.69, 9.17) is 19.9 Å². The maximum atomic E-state index is 13.5. The van der Waals surface area contributed by atoms with Crippen LogP contribution in [0.25, 0.3) is 0 Å². The minimum absolute atomic E-state index is 0.0164. The zero-order chi connectivity index (χ0) is 49.1. The maximum Gasteiger partial charge on any atom is 0.320 e. The number of carboxylic acid groups (broad SMARTS) is 4. The maximum absolute atomic E-state index is 13.5. The van der Waals surface area contributed by atoms with Crippen LogP contribution in [0.2, 0.25) is 0 Å². The molecule has 2 heterocycles. The summed E-state index contributed by atoms with van der Waals surface area (Å²) in [5.74, 6) is -5.83. The Hall–Kier alpha value is -6.02. The predicted octanol–water partition coefficient (Wildman–Crippen LogP) is -1.35. The number of rotatable bonds is 29. The summed E-state index contributed by atoms with van der Waals surface area (Å²) in [6, 6.07) is 9.00. The fraction of sp³-hybridized carbons (Fsp3) is 0.581. The number of nitrogens with two attached hydrogens (primary N) is 1. The zero-order valence-electron chi connectivity index (χ0n) is 37.6. The van der Waals surface area contributed by atoms with Crippen molar-refractivity contribution in [3.05, 3.63) is 64.1 Å². The van der Waals surface area contributed by atoms with Gasteiger partial charge in [-0.1, -0.05) is 6.07 Å². The highest BCUT2D eigenvalue weighted by Gasteiger charge is 2.29. The van der Waals surface area contributed by atoms with Gasteiger partial charge >= 0.3 is 23.9 Å². The van der Waals surface area contributed by atoms with Crippen molar-refractivity contribution in [1.29, 1.82) is 0 Å². The average molecular weight is 949 g/mol. The van der Waals surface area contributed by atoms with Crippen molar-refractivity contribution in [2.75, 3.05) is 137 Å². The summed E-state index contributed by atoms with van der Waals surface area (Å²) < 4.78 is 16.9. The molecule has 1 aromatic heterocycles. The van der Waals surface area contributed by atoms with E-state index in [-0.39, 0.29) is 173 Å². The van der Waals surface area contributed by atoms with Crippen molar-refractivity contribution in [2.24, 2.45) is 0 Å². The first-order valence-electron chi connectivity index (χ1n) is 21.9. The van der Waals surface area contributed by atoms with Crippen LogP contribution in [0.1, 0.15) is 46.5 Å². The van der Waals surface area contributed by atoms with Gasteiger partial charge in [-0.2, -0.15) is 0 Å². The van der Waals surface area contributed by atoms with Crippen molar-refractivity contribution in [3.63, 3.8) is 0 Å². The minimum atomic E-state index is -1.23. The Morgan fingerprint density at radius 1 is 0.657 bits per heavy atom. The van der Waals surface area contributed by atoms with Crippen LogP contribution in [0, 0.1) is 0 Å². The molecule has 372 valence electrons. The molecule has 1 fully saturated rings. The lowest BCUT2D eigenvalue weighted by Crippen LogP contribution is -2.51. The lowest BCUT2D eigenvalue weighted by atomic mass is 10.0. The number of ether oxygens (including phenoxy) is 3. The summed E-state index contributed by atoms with van der Waals surface area (Å²) in [4.78, 5) is 106. The number of carbonyl (C=O) groups excluding carboxylic acids is 3. The molecule has 24 heteroatoms. The van der Waals surface area contributed by atoms with E-state index in [9.17, 15) is 64.0 Å². The number of carbonyl (C=O) groups is 7. The number of pyridine rings is 1. The molecule has 1 saturated heterocycles. The number of nitrogens with one attached hydrogen (secondary N) is 1. The molecule has 67 heavy (non-hydrogen) atoms. The van der Waals surface area contributed by atoms with Crippen molar-refractivity contribution < 1.29 is 73.4 Å². The van der Waals surface area contributed by atoms with Crippen LogP contribution in [0.3, 0.4) is 0 Å². The molecule has 1 unspecified atom stereocenters. The summed E-state index contributed by atoms with van der Waals surface area (Å²) in [7, 11) is 0. The second kappa shape index (κ2) is 30.3. The second-order valence-corrected chi connectivity index (χ2v) is 15.6. The minimum Gasteiger partial charge on any atom is -0.480 e. The van der Waals surface area contributed by atoms with Crippen LogP contribution in [-0.2, 0) is 38.2 Å². The van der Waals surface area contributed by atoms with E-state index in [1.165, 1.54) is 17.0 Å². The number of ketones is 1. The van der Waals surface area contributed by atoms with Crippen LogP contribution in [-0.4, -0.2) is 234 Å². The molecule has 0 bridgehead atoms. The van der Waals surface area contributed by atoms with Gasteiger partial charge in [0.15, 0.2) is 0 Å². The molecular weight excluding hydrogens is 885 g/mol. The number of amides is 2. The number of hydrogen-bond donors (Lipinski definition) is 7. The molecule has 1 aliphatic rings. The van der Waals surface area contributed by atoms with Gasteiger partial charge in [-0.25, -0.2) is 0 Å². The molecule has 0 saturated carbocycles. The van der Waals surface area contributed by atoms with Crippen molar-refractivity contribution >= 4 is 47.2 Å². The molecule has 24 nitrogen and oxygen atoms in total. The molecule has 0 radical (unpaired) electrons. The van der Waals surface area contributed by atoms with Gasteiger partial charge in [0, 0.05) is 102 Å². The van der Waals surface area contributed by atoms with Crippen molar-refractivity contribution in [2.45, 2.75) is 31.7 Å². The highest BCUT2D eigenvalue weighted by molar-refractivity contribution is 5.94. The van der Waals surface area contributed by atoms with Crippen LogP contribution < -0.4 is 16.6 Å².